The van der Waals surface area contributed by atoms with E-state index in [0.29, 0.717) is 6.04 Å². The Hall–Kier alpha value is -0.0800. The van der Waals surface area contributed by atoms with E-state index >= 15 is 0 Å². The molecule has 2 unspecified atom stereocenters. The lowest BCUT2D eigenvalue weighted by molar-refractivity contribution is 0.105. The Balaban J connectivity index is 1.84. The number of rotatable bonds is 6. The van der Waals surface area contributed by atoms with Crippen molar-refractivity contribution in [3.05, 3.63) is 0 Å². The molecule has 0 spiro atoms. The molecule has 1 aliphatic heterocycles. The van der Waals surface area contributed by atoms with Crippen LogP contribution in [-0.4, -0.2) is 36.6 Å². The molecular weight excluding hydrogens is 208 g/mol. The van der Waals surface area contributed by atoms with Gasteiger partial charge in [-0.2, -0.15) is 0 Å². The number of hydrogen-bond donors (Lipinski definition) is 1. The van der Waals surface area contributed by atoms with Gasteiger partial charge in [0.05, 0.1) is 0 Å². The van der Waals surface area contributed by atoms with Crippen molar-refractivity contribution in [2.75, 3.05) is 19.6 Å². The van der Waals surface area contributed by atoms with Gasteiger partial charge in [0, 0.05) is 25.2 Å². The third-order valence-electron chi connectivity index (χ3n) is 4.34. The van der Waals surface area contributed by atoms with Crippen molar-refractivity contribution in [2.45, 2.75) is 65.0 Å². The van der Waals surface area contributed by atoms with Gasteiger partial charge in [-0.3, -0.25) is 4.90 Å². The first-order valence-corrected chi connectivity index (χ1v) is 7.66. The van der Waals surface area contributed by atoms with Crippen molar-refractivity contribution in [3.63, 3.8) is 0 Å². The Bertz CT molecular complexity index is 223. The molecule has 2 fully saturated rings. The first kappa shape index (κ1) is 13.4. The van der Waals surface area contributed by atoms with Crippen LogP contribution in [0.5, 0.6) is 0 Å². The summed E-state index contributed by atoms with van der Waals surface area (Å²) in [4.78, 5) is 2.68. The maximum absolute atomic E-state index is 3.74. The van der Waals surface area contributed by atoms with Crippen LogP contribution in [0.15, 0.2) is 0 Å². The molecule has 0 bridgehead atoms. The van der Waals surface area contributed by atoms with E-state index in [1.54, 1.807) is 0 Å². The Labute approximate surface area is 107 Å². The molecule has 1 aliphatic carbocycles. The van der Waals surface area contributed by atoms with E-state index in [9.17, 15) is 0 Å². The largest absolute Gasteiger partial charge is 0.313 e. The lowest BCUT2D eigenvalue weighted by atomic mass is 9.89. The highest BCUT2D eigenvalue weighted by atomic mass is 15.2. The topological polar surface area (TPSA) is 15.3 Å². The van der Waals surface area contributed by atoms with Gasteiger partial charge in [0.15, 0.2) is 0 Å². The van der Waals surface area contributed by atoms with E-state index in [1.807, 2.05) is 0 Å². The summed E-state index contributed by atoms with van der Waals surface area (Å²) in [6, 6.07) is 1.46. The molecule has 1 heterocycles. The number of nitrogens with zero attached hydrogens (tertiary/aromatic N) is 1. The predicted molar refractivity (Wildman–Crippen MR) is 74.2 cm³/mol. The molecule has 17 heavy (non-hydrogen) atoms. The molecular formula is C15H30N2. The van der Waals surface area contributed by atoms with Gasteiger partial charge in [-0.05, 0) is 51.5 Å². The Kier molecular flexibility index (Phi) is 4.87. The van der Waals surface area contributed by atoms with Crippen molar-refractivity contribution >= 4 is 0 Å². The third-order valence-corrected chi connectivity index (χ3v) is 4.34. The second-order valence-corrected chi connectivity index (χ2v) is 6.48. The van der Waals surface area contributed by atoms with Gasteiger partial charge in [0.2, 0.25) is 0 Å². The fourth-order valence-corrected chi connectivity index (χ4v) is 3.15. The molecule has 2 aliphatic rings. The van der Waals surface area contributed by atoms with Gasteiger partial charge < -0.3 is 5.32 Å². The van der Waals surface area contributed by atoms with E-state index in [1.165, 1.54) is 51.7 Å². The molecule has 0 radical (unpaired) electrons. The van der Waals surface area contributed by atoms with Crippen LogP contribution < -0.4 is 5.32 Å². The first-order chi connectivity index (χ1) is 8.19. The standard InChI is InChI=1S/C15H30N2/c1-4-7-16-15-9-14(8-13-5-6-13)10-17(11-15)12(2)3/h12-16H,4-11H2,1-3H3. The third kappa shape index (κ3) is 4.26. The van der Waals surface area contributed by atoms with Crippen LogP contribution in [-0.2, 0) is 0 Å². The monoisotopic (exact) mass is 238 g/mol. The summed E-state index contributed by atoms with van der Waals surface area (Å²) < 4.78 is 0. The summed E-state index contributed by atoms with van der Waals surface area (Å²) in [6.45, 7) is 10.7. The number of piperidine rings is 1. The average molecular weight is 238 g/mol. The van der Waals surface area contributed by atoms with Crippen molar-refractivity contribution in [1.29, 1.82) is 0 Å². The predicted octanol–water partition coefficient (Wildman–Crippen LogP) is 2.89. The summed E-state index contributed by atoms with van der Waals surface area (Å²) >= 11 is 0. The van der Waals surface area contributed by atoms with Gasteiger partial charge >= 0.3 is 0 Å². The van der Waals surface area contributed by atoms with Gasteiger partial charge in [0.25, 0.3) is 0 Å². The Morgan fingerprint density at radius 1 is 1.18 bits per heavy atom. The zero-order valence-corrected chi connectivity index (χ0v) is 11.9. The van der Waals surface area contributed by atoms with Crippen LogP contribution >= 0.6 is 0 Å². The fourth-order valence-electron chi connectivity index (χ4n) is 3.15. The Morgan fingerprint density at radius 2 is 1.94 bits per heavy atom. The average Bonchev–Trinajstić information content (AvgIpc) is 3.10. The minimum Gasteiger partial charge on any atom is -0.313 e. The molecule has 2 nitrogen and oxygen atoms in total. The molecule has 0 aromatic carbocycles. The highest BCUT2D eigenvalue weighted by Gasteiger charge is 2.32. The maximum atomic E-state index is 3.74. The molecule has 2 atom stereocenters. The lowest BCUT2D eigenvalue weighted by Crippen LogP contribution is -2.51. The summed E-state index contributed by atoms with van der Waals surface area (Å²) in [5.41, 5.74) is 0. The highest BCUT2D eigenvalue weighted by Crippen LogP contribution is 2.38. The normalized spacial score (nSPS) is 31.1. The second kappa shape index (κ2) is 6.19. The van der Waals surface area contributed by atoms with E-state index in [4.69, 9.17) is 0 Å². The SMILES string of the molecule is CCCNC1CC(CC2CC2)CN(C(C)C)C1. The van der Waals surface area contributed by atoms with Gasteiger partial charge in [-0.25, -0.2) is 0 Å². The van der Waals surface area contributed by atoms with Crippen molar-refractivity contribution in [2.24, 2.45) is 11.8 Å². The van der Waals surface area contributed by atoms with Gasteiger partial charge in [-0.15, -0.1) is 0 Å². The maximum Gasteiger partial charge on any atom is 0.0198 e. The van der Waals surface area contributed by atoms with E-state index in [0.717, 1.165) is 17.9 Å². The zero-order valence-electron chi connectivity index (χ0n) is 11.9. The molecule has 1 N–H and O–H groups in total. The number of likely N-dealkylation sites (tertiary alicyclic amines) is 1. The van der Waals surface area contributed by atoms with Gasteiger partial charge in [-0.1, -0.05) is 19.8 Å². The molecule has 0 aromatic rings. The van der Waals surface area contributed by atoms with Crippen LogP contribution in [0.3, 0.4) is 0 Å². The van der Waals surface area contributed by atoms with Gasteiger partial charge in [0.1, 0.15) is 0 Å². The molecule has 2 rings (SSSR count). The molecule has 2 heteroatoms. The Morgan fingerprint density at radius 3 is 2.53 bits per heavy atom. The summed E-state index contributed by atoms with van der Waals surface area (Å²) in [7, 11) is 0. The lowest BCUT2D eigenvalue weighted by Gasteiger charge is -2.40. The number of nitrogens with one attached hydrogen (secondary N) is 1. The second-order valence-electron chi connectivity index (χ2n) is 6.48. The summed E-state index contributed by atoms with van der Waals surface area (Å²) in [5.74, 6) is 2.03. The van der Waals surface area contributed by atoms with E-state index in [2.05, 4.69) is 31.0 Å². The van der Waals surface area contributed by atoms with Crippen LogP contribution in [0, 0.1) is 11.8 Å². The smallest absolute Gasteiger partial charge is 0.0198 e. The molecule has 0 amide bonds. The summed E-state index contributed by atoms with van der Waals surface area (Å²) in [5, 5.41) is 3.74. The highest BCUT2D eigenvalue weighted by molar-refractivity contribution is 4.88. The van der Waals surface area contributed by atoms with Crippen LogP contribution in [0.2, 0.25) is 0 Å². The fraction of sp³-hybridized carbons (Fsp3) is 1.00. The van der Waals surface area contributed by atoms with E-state index in [-0.39, 0.29) is 0 Å². The zero-order chi connectivity index (χ0) is 12.3. The van der Waals surface area contributed by atoms with Crippen LogP contribution in [0.1, 0.15) is 52.9 Å². The van der Waals surface area contributed by atoms with Crippen molar-refractivity contribution in [1.82, 2.24) is 10.2 Å². The van der Waals surface area contributed by atoms with Crippen LogP contribution in [0.25, 0.3) is 0 Å². The molecule has 1 saturated heterocycles. The van der Waals surface area contributed by atoms with Crippen LogP contribution in [0.4, 0.5) is 0 Å². The molecule has 100 valence electrons. The number of hydrogen-bond acceptors (Lipinski definition) is 2. The van der Waals surface area contributed by atoms with E-state index < -0.39 is 0 Å². The molecule has 1 saturated carbocycles. The first-order valence-electron chi connectivity index (χ1n) is 7.66. The minimum atomic E-state index is 0.711. The van der Waals surface area contributed by atoms with Crippen molar-refractivity contribution in [3.8, 4) is 0 Å². The van der Waals surface area contributed by atoms with Crippen molar-refractivity contribution < 1.29 is 0 Å². The summed E-state index contributed by atoms with van der Waals surface area (Å²) in [6.07, 6.45) is 7.18. The minimum absolute atomic E-state index is 0.711. The quantitative estimate of drug-likeness (QED) is 0.765. The molecule has 0 aromatic heterocycles.